The van der Waals surface area contributed by atoms with E-state index in [0.717, 1.165) is 32.1 Å². The van der Waals surface area contributed by atoms with Gasteiger partial charge in [0.1, 0.15) is 17.2 Å². The second-order valence-electron chi connectivity index (χ2n) is 7.72. The summed E-state index contributed by atoms with van der Waals surface area (Å²) in [5, 5.41) is 12.8. The lowest BCUT2D eigenvalue weighted by Gasteiger charge is -2.48. The van der Waals surface area contributed by atoms with Crippen LogP contribution in [0.4, 0.5) is 5.82 Å². The van der Waals surface area contributed by atoms with Crippen LogP contribution in [0, 0.1) is 23.2 Å². The van der Waals surface area contributed by atoms with Crippen molar-refractivity contribution in [2.45, 2.75) is 37.6 Å². The van der Waals surface area contributed by atoms with Crippen molar-refractivity contribution in [3.05, 3.63) is 17.0 Å². The number of carbonyl (C=O) groups is 2. The third-order valence-corrected chi connectivity index (χ3v) is 6.90. The van der Waals surface area contributed by atoms with Crippen LogP contribution in [0.25, 0.3) is 0 Å². The molecule has 5 rings (SSSR count). The maximum absolute atomic E-state index is 12.5. The van der Waals surface area contributed by atoms with Gasteiger partial charge in [-0.2, -0.15) is 4.98 Å². The quantitative estimate of drug-likeness (QED) is 0.825. The summed E-state index contributed by atoms with van der Waals surface area (Å²) >= 11 is 5.86. The Morgan fingerprint density at radius 3 is 3.00 bits per heavy atom. The van der Waals surface area contributed by atoms with Crippen molar-refractivity contribution < 1.29 is 14.7 Å². The number of ketones is 1. The number of aromatic nitrogens is 2. The van der Waals surface area contributed by atoms with E-state index >= 15 is 0 Å². The SMILES string of the molecule is O=C(O)c1cnc(Cl)nc1NC12CC3CC4(C1)C(CC4C3=O)C2. The second kappa shape index (κ2) is 4.04. The molecule has 4 aliphatic rings. The Morgan fingerprint density at radius 2 is 2.22 bits per heavy atom. The van der Waals surface area contributed by atoms with Gasteiger partial charge in [0, 0.05) is 23.6 Å². The second-order valence-corrected chi connectivity index (χ2v) is 8.06. The van der Waals surface area contributed by atoms with Crippen LogP contribution in [0.1, 0.15) is 42.5 Å². The van der Waals surface area contributed by atoms with Gasteiger partial charge in [-0.3, -0.25) is 4.79 Å². The van der Waals surface area contributed by atoms with E-state index in [4.69, 9.17) is 11.6 Å². The van der Waals surface area contributed by atoms with Gasteiger partial charge in [-0.05, 0) is 55.0 Å². The van der Waals surface area contributed by atoms with Crippen LogP contribution in [-0.2, 0) is 4.79 Å². The molecule has 0 aliphatic heterocycles. The zero-order valence-corrected chi connectivity index (χ0v) is 13.1. The van der Waals surface area contributed by atoms with Crippen LogP contribution in [0.3, 0.4) is 0 Å². The highest BCUT2D eigenvalue weighted by Crippen LogP contribution is 2.75. The fourth-order valence-electron chi connectivity index (χ4n) is 6.04. The van der Waals surface area contributed by atoms with Crippen molar-refractivity contribution in [3.8, 4) is 0 Å². The van der Waals surface area contributed by atoms with Crippen LogP contribution in [0.15, 0.2) is 6.20 Å². The normalized spacial score (nSPS) is 42.5. The third-order valence-electron chi connectivity index (χ3n) is 6.71. The van der Waals surface area contributed by atoms with Gasteiger partial charge in [-0.1, -0.05) is 0 Å². The minimum absolute atomic E-state index is 0.0285. The molecule has 2 N–H and O–H groups in total. The Balaban J connectivity index is 1.54. The van der Waals surface area contributed by atoms with Crippen molar-refractivity contribution in [2.24, 2.45) is 23.2 Å². The first-order valence-electron chi connectivity index (χ1n) is 8.00. The fraction of sp³-hybridized carbons (Fsp3) is 0.625. The molecule has 3 bridgehead atoms. The van der Waals surface area contributed by atoms with Gasteiger partial charge in [0.15, 0.2) is 0 Å². The number of hydrogen-bond donors (Lipinski definition) is 2. The van der Waals surface area contributed by atoms with E-state index in [-0.39, 0.29) is 39.5 Å². The Morgan fingerprint density at radius 1 is 1.39 bits per heavy atom. The van der Waals surface area contributed by atoms with Gasteiger partial charge in [0.25, 0.3) is 0 Å². The van der Waals surface area contributed by atoms with E-state index in [2.05, 4.69) is 15.3 Å². The standard InChI is InChI=1S/C16H16ClN3O3/c17-14-18-5-9(13(22)23)12(19-14)20-15-2-7-3-16(6-15)8(4-15)1-10(16)11(7)21/h5,7-8,10H,1-4,6H2,(H,22,23)(H,18,19,20). The summed E-state index contributed by atoms with van der Waals surface area (Å²) in [5.41, 5.74) is -0.0230. The van der Waals surface area contributed by atoms with Gasteiger partial charge in [-0.15, -0.1) is 0 Å². The molecule has 1 aromatic heterocycles. The zero-order chi connectivity index (χ0) is 16.0. The number of carboxylic acids is 1. The average molecular weight is 334 g/mol. The first kappa shape index (κ1) is 13.7. The van der Waals surface area contributed by atoms with E-state index in [9.17, 15) is 14.7 Å². The Kier molecular flexibility index (Phi) is 2.41. The molecule has 4 aliphatic carbocycles. The largest absolute Gasteiger partial charge is 0.477 e. The maximum atomic E-state index is 12.5. The van der Waals surface area contributed by atoms with Crippen molar-refractivity contribution in [3.63, 3.8) is 0 Å². The van der Waals surface area contributed by atoms with Crippen LogP contribution in [0.2, 0.25) is 5.28 Å². The summed E-state index contributed by atoms with van der Waals surface area (Å²) in [7, 11) is 0. The van der Waals surface area contributed by atoms with Crippen molar-refractivity contribution in [1.82, 2.24) is 9.97 Å². The molecular formula is C16H16ClN3O3. The molecule has 0 saturated heterocycles. The molecule has 5 unspecified atom stereocenters. The number of carbonyl (C=O) groups excluding carboxylic acids is 1. The highest BCUT2D eigenvalue weighted by atomic mass is 35.5. The van der Waals surface area contributed by atoms with Crippen molar-refractivity contribution in [1.29, 1.82) is 0 Å². The molecule has 0 aromatic carbocycles. The number of rotatable bonds is 3. The van der Waals surface area contributed by atoms with Gasteiger partial charge >= 0.3 is 5.97 Å². The van der Waals surface area contributed by atoms with Gasteiger partial charge in [0.05, 0.1) is 0 Å². The molecule has 1 spiro atoms. The molecule has 0 radical (unpaired) electrons. The highest BCUT2D eigenvalue weighted by Gasteiger charge is 2.74. The smallest absolute Gasteiger partial charge is 0.341 e. The monoisotopic (exact) mass is 333 g/mol. The fourth-order valence-corrected chi connectivity index (χ4v) is 6.17. The van der Waals surface area contributed by atoms with Crippen LogP contribution in [-0.4, -0.2) is 32.4 Å². The van der Waals surface area contributed by atoms with Crippen molar-refractivity contribution >= 4 is 29.2 Å². The van der Waals surface area contributed by atoms with E-state index < -0.39 is 5.97 Å². The number of nitrogens with zero attached hydrogens (tertiary/aromatic N) is 2. The number of nitrogens with one attached hydrogen (secondary N) is 1. The van der Waals surface area contributed by atoms with Gasteiger partial charge in [0.2, 0.25) is 5.28 Å². The highest BCUT2D eigenvalue weighted by molar-refractivity contribution is 6.28. The summed E-state index contributed by atoms with van der Waals surface area (Å²) in [5.74, 6) is 0.592. The number of fused-ring (bicyclic) bond motifs is 2. The average Bonchev–Trinajstić information content (AvgIpc) is 2.74. The van der Waals surface area contributed by atoms with E-state index in [0.29, 0.717) is 11.7 Å². The summed E-state index contributed by atoms with van der Waals surface area (Å²) in [4.78, 5) is 31.8. The maximum Gasteiger partial charge on any atom is 0.341 e. The number of halogens is 1. The molecule has 5 atom stereocenters. The van der Waals surface area contributed by atoms with E-state index in [1.165, 1.54) is 6.20 Å². The predicted octanol–water partition coefficient (Wildman–Crippen LogP) is 2.39. The minimum atomic E-state index is -1.08. The summed E-state index contributed by atoms with van der Waals surface area (Å²) < 4.78 is 0. The van der Waals surface area contributed by atoms with Crippen molar-refractivity contribution in [2.75, 3.05) is 5.32 Å². The molecule has 0 amide bonds. The molecule has 4 saturated carbocycles. The molecular weight excluding hydrogens is 318 g/mol. The van der Waals surface area contributed by atoms with E-state index in [1.54, 1.807) is 0 Å². The van der Waals surface area contributed by atoms with Crippen LogP contribution in [0.5, 0.6) is 0 Å². The summed E-state index contributed by atoms with van der Waals surface area (Å²) in [6, 6.07) is 0. The lowest BCUT2D eigenvalue weighted by Crippen LogP contribution is -2.44. The summed E-state index contributed by atoms with van der Waals surface area (Å²) in [6.45, 7) is 0. The summed E-state index contributed by atoms with van der Waals surface area (Å²) in [6.07, 6.45) is 5.99. The van der Waals surface area contributed by atoms with Crippen LogP contribution >= 0.6 is 11.6 Å². The lowest BCUT2D eigenvalue weighted by atomic mass is 9.55. The van der Waals surface area contributed by atoms with E-state index in [1.807, 2.05) is 0 Å². The minimum Gasteiger partial charge on any atom is -0.477 e. The predicted molar refractivity (Wildman–Crippen MR) is 81.4 cm³/mol. The molecule has 1 aromatic rings. The Bertz CT molecular complexity index is 769. The molecule has 4 fully saturated rings. The number of carboxylic acid groups (broad SMARTS) is 1. The Labute approximate surface area is 137 Å². The number of anilines is 1. The molecule has 120 valence electrons. The number of hydrogen-bond acceptors (Lipinski definition) is 5. The molecule has 7 heteroatoms. The van der Waals surface area contributed by atoms with Gasteiger partial charge < -0.3 is 10.4 Å². The molecule has 6 nitrogen and oxygen atoms in total. The molecule has 23 heavy (non-hydrogen) atoms. The van der Waals surface area contributed by atoms with Gasteiger partial charge in [-0.25, -0.2) is 9.78 Å². The number of aromatic carboxylic acids is 1. The zero-order valence-electron chi connectivity index (χ0n) is 12.4. The van der Waals surface area contributed by atoms with Crippen LogP contribution < -0.4 is 5.32 Å². The topological polar surface area (TPSA) is 92.2 Å². The Hall–Kier alpha value is -1.69. The lowest BCUT2D eigenvalue weighted by molar-refractivity contribution is -0.131. The number of Topliss-reactive ketones (excluding diaryl/α,β-unsaturated/α-hetero) is 1. The third kappa shape index (κ3) is 1.60. The molecule has 1 heterocycles. The first-order chi connectivity index (χ1) is 10.9. The first-order valence-corrected chi connectivity index (χ1v) is 8.38.